The minimum atomic E-state index is -1.55. The Balaban J connectivity index is 2.04. The molecule has 432 valence electrons. The van der Waals surface area contributed by atoms with Gasteiger partial charge < -0.3 is 40.3 Å². The molecule has 6 N–H and O–H groups in total. The van der Waals surface area contributed by atoms with Crippen molar-refractivity contribution in [1.29, 1.82) is 0 Å². The maximum absolute atomic E-state index is 13.1. The lowest BCUT2D eigenvalue weighted by molar-refractivity contribution is -0.302. The van der Waals surface area contributed by atoms with Crippen LogP contribution in [0.5, 0.6) is 0 Å². The predicted octanol–water partition coefficient (Wildman–Crippen LogP) is 16.5. The molecular weight excluding hydrogens is 911 g/mol. The minimum absolute atomic E-state index is 0.134. The van der Waals surface area contributed by atoms with E-state index in [4.69, 9.17) is 9.47 Å². The van der Waals surface area contributed by atoms with Gasteiger partial charge in [0.15, 0.2) is 6.29 Å². The number of aliphatic hydroxyl groups excluding tert-OH is 5. The van der Waals surface area contributed by atoms with Crippen molar-refractivity contribution >= 4 is 5.91 Å². The number of rotatable bonds is 56. The van der Waals surface area contributed by atoms with Gasteiger partial charge in [-0.3, -0.25) is 4.79 Å². The zero-order valence-electron chi connectivity index (χ0n) is 48.2. The van der Waals surface area contributed by atoms with Crippen LogP contribution in [0.2, 0.25) is 0 Å². The summed E-state index contributed by atoms with van der Waals surface area (Å²) in [6.07, 6.45) is 62.5. The largest absolute Gasteiger partial charge is 0.394 e. The standard InChI is InChI=1S/C64H123NO8/c1-3-5-7-9-11-13-15-17-18-19-20-21-22-23-24-25-26-27-28-29-30-31-32-33-34-35-36-37-38-39-40-42-44-46-48-50-52-54-60(68)65-57(56-72-64-63(71)62(70)61(69)59(55-66)73-64)58(67)53-51-49-47-45-43-41-16-14-12-10-8-6-4-2/h24-25,27-28,57-59,61-64,66-67,69-71H,3-23,26,29-56H2,1-2H3,(H,65,68)/b25-24-,28-27-. The summed E-state index contributed by atoms with van der Waals surface area (Å²) in [7, 11) is 0. The van der Waals surface area contributed by atoms with Crippen LogP contribution in [-0.2, 0) is 14.3 Å². The number of allylic oxidation sites excluding steroid dienone is 4. The molecular formula is C64H123NO8. The van der Waals surface area contributed by atoms with Crippen molar-refractivity contribution in [1.82, 2.24) is 5.32 Å². The quantitative estimate of drug-likeness (QED) is 0.0261. The highest BCUT2D eigenvalue weighted by atomic mass is 16.7. The number of hydrogen-bond acceptors (Lipinski definition) is 8. The van der Waals surface area contributed by atoms with E-state index in [1.807, 2.05) is 0 Å². The van der Waals surface area contributed by atoms with Gasteiger partial charge in [-0.05, 0) is 44.9 Å². The molecule has 7 atom stereocenters. The monoisotopic (exact) mass is 1030 g/mol. The van der Waals surface area contributed by atoms with E-state index in [1.165, 1.54) is 250 Å². The summed E-state index contributed by atoms with van der Waals surface area (Å²) in [5.74, 6) is -0.140. The molecule has 0 aromatic carbocycles. The number of unbranched alkanes of at least 4 members (excludes halogenated alkanes) is 42. The summed E-state index contributed by atoms with van der Waals surface area (Å²) < 4.78 is 11.3. The van der Waals surface area contributed by atoms with Crippen molar-refractivity contribution in [2.24, 2.45) is 0 Å². The highest BCUT2D eigenvalue weighted by Gasteiger charge is 2.44. The molecule has 0 bridgehead atoms. The summed E-state index contributed by atoms with van der Waals surface area (Å²) in [6.45, 7) is 3.87. The van der Waals surface area contributed by atoms with Gasteiger partial charge in [0.2, 0.25) is 5.91 Å². The molecule has 1 aliphatic heterocycles. The minimum Gasteiger partial charge on any atom is -0.394 e. The highest BCUT2D eigenvalue weighted by Crippen LogP contribution is 2.23. The van der Waals surface area contributed by atoms with Crippen molar-refractivity contribution in [2.75, 3.05) is 13.2 Å². The lowest BCUT2D eigenvalue weighted by Crippen LogP contribution is -2.60. The Hall–Kier alpha value is -1.33. The second-order valence-corrected chi connectivity index (χ2v) is 22.6. The molecule has 0 aromatic heterocycles. The average molecular weight is 1030 g/mol. The van der Waals surface area contributed by atoms with Gasteiger partial charge in [-0.25, -0.2) is 0 Å². The summed E-state index contributed by atoms with van der Waals surface area (Å²) >= 11 is 0. The Labute approximate surface area is 451 Å². The molecule has 1 amide bonds. The van der Waals surface area contributed by atoms with Gasteiger partial charge in [-0.1, -0.05) is 295 Å². The van der Waals surface area contributed by atoms with E-state index in [0.29, 0.717) is 12.8 Å². The van der Waals surface area contributed by atoms with E-state index in [0.717, 1.165) is 44.9 Å². The molecule has 1 saturated heterocycles. The number of hydrogen-bond donors (Lipinski definition) is 6. The van der Waals surface area contributed by atoms with Crippen molar-refractivity contribution < 1.29 is 39.8 Å². The van der Waals surface area contributed by atoms with Gasteiger partial charge in [0.05, 0.1) is 25.4 Å². The Kier molecular flexibility index (Phi) is 51.6. The molecule has 0 aromatic rings. The SMILES string of the molecule is CCCCCCCCCCCCCCC/C=C\C/C=C\CCCCCCCCCCCCCCCCCCCC(=O)NC(COC1OC(CO)C(O)C(O)C1O)C(O)CCCCCCCCCCCCCCC. The van der Waals surface area contributed by atoms with Crippen molar-refractivity contribution in [2.45, 2.75) is 365 Å². The van der Waals surface area contributed by atoms with E-state index in [1.54, 1.807) is 0 Å². The van der Waals surface area contributed by atoms with E-state index in [9.17, 15) is 30.3 Å². The number of carbonyl (C=O) groups excluding carboxylic acids is 1. The zero-order valence-corrected chi connectivity index (χ0v) is 48.2. The van der Waals surface area contributed by atoms with E-state index in [-0.39, 0.29) is 12.5 Å². The van der Waals surface area contributed by atoms with Gasteiger partial charge >= 0.3 is 0 Å². The number of ether oxygens (including phenoxy) is 2. The fourth-order valence-electron chi connectivity index (χ4n) is 10.5. The summed E-state index contributed by atoms with van der Waals surface area (Å²) in [5.41, 5.74) is 0. The summed E-state index contributed by atoms with van der Waals surface area (Å²) in [5, 5.41) is 54.6. The molecule has 1 fully saturated rings. The fraction of sp³-hybridized carbons (Fsp3) is 0.922. The van der Waals surface area contributed by atoms with E-state index < -0.39 is 49.5 Å². The number of amides is 1. The molecule has 9 heteroatoms. The smallest absolute Gasteiger partial charge is 0.220 e. The number of carbonyl (C=O) groups is 1. The lowest BCUT2D eigenvalue weighted by Gasteiger charge is -2.40. The molecule has 1 rings (SSSR count). The van der Waals surface area contributed by atoms with Crippen LogP contribution >= 0.6 is 0 Å². The second-order valence-electron chi connectivity index (χ2n) is 22.6. The van der Waals surface area contributed by atoms with Gasteiger partial charge in [-0.15, -0.1) is 0 Å². The van der Waals surface area contributed by atoms with Crippen molar-refractivity contribution in [3.8, 4) is 0 Å². The first-order valence-corrected chi connectivity index (χ1v) is 32.0. The first kappa shape index (κ1) is 69.7. The molecule has 0 radical (unpaired) electrons. The third kappa shape index (κ3) is 43.4. The lowest BCUT2D eigenvalue weighted by atomic mass is 9.99. The second kappa shape index (κ2) is 54.0. The van der Waals surface area contributed by atoms with Crippen LogP contribution in [0.4, 0.5) is 0 Å². The van der Waals surface area contributed by atoms with E-state index in [2.05, 4.69) is 43.5 Å². The Morgan fingerprint density at radius 3 is 1.18 bits per heavy atom. The predicted molar refractivity (Wildman–Crippen MR) is 309 cm³/mol. The number of aliphatic hydroxyl groups is 5. The molecule has 1 heterocycles. The Bertz CT molecular complexity index is 1200. The first-order chi connectivity index (χ1) is 35.8. The molecule has 1 aliphatic rings. The van der Waals surface area contributed by atoms with Crippen LogP contribution in [0.25, 0.3) is 0 Å². The molecule has 7 unspecified atom stereocenters. The van der Waals surface area contributed by atoms with Crippen LogP contribution in [0, 0.1) is 0 Å². The fourth-order valence-corrected chi connectivity index (χ4v) is 10.5. The normalized spacial score (nSPS) is 19.1. The van der Waals surface area contributed by atoms with Crippen molar-refractivity contribution in [3.63, 3.8) is 0 Å². The van der Waals surface area contributed by atoms with Gasteiger partial charge in [-0.2, -0.15) is 0 Å². The molecule has 0 aliphatic carbocycles. The van der Waals surface area contributed by atoms with Crippen LogP contribution in [0.1, 0.15) is 322 Å². The molecule has 73 heavy (non-hydrogen) atoms. The van der Waals surface area contributed by atoms with E-state index >= 15 is 0 Å². The zero-order chi connectivity index (χ0) is 52.9. The van der Waals surface area contributed by atoms with Crippen LogP contribution in [0.3, 0.4) is 0 Å². The molecule has 0 saturated carbocycles. The van der Waals surface area contributed by atoms with Crippen LogP contribution in [-0.4, -0.2) is 87.5 Å². The van der Waals surface area contributed by atoms with Gasteiger partial charge in [0.25, 0.3) is 0 Å². The Morgan fingerprint density at radius 2 is 0.808 bits per heavy atom. The maximum Gasteiger partial charge on any atom is 0.220 e. The van der Waals surface area contributed by atoms with Gasteiger partial charge in [0.1, 0.15) is 24.4 Å². The van der Waals surface area contributed by atoms with Crippen molar-refractivity contribution in [3.05, 3.63) is 24.3 Å². The average Bonchev–Trinajstić information content (AvgIpc) is 3.39. The molecule has 9 nitrogen and oxygen atoms in total. The highest BCUT2D eigenvalue weighted by molar-refractivity contribution is 5.76. The first-order valence-electron chi connectivity index (χ1n) is 32.0. The summed E-state index contributed by atoms with van der Waals surface area (Å²) in [6, 6.07) is -0.716. The maximum atomic E-state index is 13.1. The summed E-state index contributed by atoms with van der Waals surface area (Å²) in [4.78, 5) is 13.1. The third-order valence-corrected chi connectivity index (χ3v) is 15.6. The van der Waals surface area contributed by atoms with Crippen LogP contribution in [0.15, 0.2) is 24.3 Å². The molecule has 0 spiro atoms. The topological polar surface area (TPSA) is 149 Å². The Morgan fingerprint density at radius 1 is 0.466 bits per heavy atom. The third-order valence-electron chi connectivity index (χ3n) is 15.6. The van der Waals surface area contributed by atoms with Gasteiger partial charge in [0, 0.05) is 6.42 Å². The number of nitrogens with one attached hydrogen (secondary N) is 1. The van der Waals surface area contributed by atoms with Crippen LogP contribution < -0.4 is 5.32 Å².